The van der Waals surface area contributed by atoms with E-state index in [-0.39, 0.29) is 6.54 Å². The number of carbonyl (C=O) groups is 3. The number of aliphatic carboxylic acids is 1. The van der Waals surface area contributed by atoms with Crippen LogP contribution in [0.4, 0.5) is 4.79 Å². The van der Waals surface area contributed by atoms with E-state index in [0.29, 0.717) is 20.7 Å². The number of tetrazole rings is 1. The lowest BCUT2D eigenvalue weighted by atomic mass is 10.1. The minimum Gasteiger partial charge on any atom is -0.481 e. The Balaban J connectivity index is 2.09. The van der Waals surface area contributed by atoms with E-state index in [0.717, 1.165) is 36.6 Å². The molecule has 0 saturated carbocycles. The van der Waals surface area contributed by atoms with Gasteiger partial charge in [-0.3, -0.25) is 14.4 Å². The molecule has 0 bridgehead atoms. The van der Waals surface area contributed by atoms with Crippen molar-refractivity contribution >= 4 is 63.9 Å². The number of hydrogen-bond donors (Lipinski definition) is 2. The third-order valence-electron chi connectivity index (χ3n) is 3.72. The molecule has 9 nitrogen and oxygen atoms in total. The highest BCUT2D eigenvalue weighted by Crippen LogP contribution is 2.33. The number of carbonyl (C=O) groups excluding carboxylic acids is 2. The first kappa shape index (κ1) is 24.4. The molecule has 0 radical (unpaired) electrons. The monoisotopic (exact) mass is 492 g/mol. The lowest BCUT2D eigenvalue weighted by molar-refractivity contribution is -0.802. The largest absolute Gasteiger partial charge is 0.481 e. The number of ketones is 1. The molecule has 30 heavy (non-hydrogen) atoms. The molecule has 0 aliphatic carbocycles. The highest BCUT2D eigenvalue weighted by Gasteiger charge is 2.28. The van der Waals surface area contributed by atoms with Crippen LogP contribution in [0, 0.1) is 0 Å². The zero-order chi connectivity index (χ0) is 22.1. The number of amides is 1. The zero-order valence-electron chi connectivity index (χ0n) is 16.0. The van der Waals surface area contributed by atoms with Crippen molar-refractivity contribution in [2.75, 3.05) is 5.75 Å². The number of unbranched alkanes of at least 4 members (excludes halogenated alkanes) is 1. The molecule has 1 aromatic heterocycles. The smallest absolute Gasteiger partial charge is 0.305 e. The minimum atomic E-state index is -1.20. The predicted octanol–water partition coefficient (Wildman–Crippen LogP) is 3.08. The zero-order valence-corrected chi connectivity index (χ0v) is 19.1. The molecule has 0 fully saturated rings. The Morgan fingerprint density at radius 3 is 2.63 bits per heavy atom. The molecule has 0 spiro atoms. The van der Waals surface area contributed by atoms with Gasteiger partial charge in [0.05, 0.1) is 26.5 Å². The van der Waals surface area contributed by atoms with Crippen molar-refractivity contribution in [2.24, 2.45) is 0 Å². The number of benzene rings is 1. The Morgan fingerprint density at radius 2 is 2.00 bits per heavy atom. The maximum Gasteiger partial charge on any atom is 0.305 e. The fraction of sp³-hybridized carbons (Fsp3) is 0.412. The second-order valence-electron chi connectivity index (χ2n) is 6.05. The average molecular weight is 493 g/mol. The number of rotatable bonds is 11. The first-order chi connectivity index (χ1) is 14.3. The summed E-state index contributed by atoms with van der Waals surface area (Å²) >= 11 is 14.5. The molecule has 13 heteroatoms. The van der Waals surface area contributed by atoms with Gasteiger partial charge in [0, 0.05) is 17.7 Å². The van der Waals surface area contributed by atoms with Gasteiger partial charge in [0.25, 0.3) is 11.6 Å². The second kappa shape index (κ2) is 12.1. The normalized spacial score (nSPS) is 11.8. The van der Waals surface area contributed by atoms with E-state index in [1.807, 2.05) is 6.92 Å². The van der Waals surface area contributed by atoms with E-state index < -0.39 is 29.5 Å². The maximum absolute atomic E-state index is 12.7. The van der Waals surface area contributed by atoms with Crippen LogP contribution in [-0.2, 0) is 16.1 Å². The van der Waals surface area contributed by atoms with Crippen LogP contribution in [0.5, 0.6) is 0 Å². The van der Waals surface area contributed by atoms with Crippen LogP contribution in [0.25, 0.3) is 0 Å². The Bertz CT molecular complexity index is 892. The molecule has 2 rings (SSSR count). The van der Waals surface area contributed by atoms with Crippen LogP contribution in [0.15, 0.2) is 29.4 Å². The Hall–Kier alpha value is -1.82. The third-order valence-corrected chi connectivity index (χ3v) is 6.54. The number of nitrogens with one attached hydrogen (secondary N) is 1. The SMILES string of the molecule is CCCCSC(=O)NC(CC(=O)O)C(=O)C[n+]1nncn1Sc1c(Cl)cccc1Cl. The Labute approximate surface area is 191 Å². The molecule has 1 amide bonds. The van der Waals surface area contributed by atoms with Crippen LogP contribution in [0.3, 0.4) is 0 Å². The van der Waals surface area contributed by atoms with Gasteiger partial charge in [-0.15, -0.1) is 0 Å². The Morgan fingerprint density at radius 1 is 1.30 bits per heavy atom. The Kier molecular flexibility index (Phi) is 9.89. The molecule has 1 unspecified atom stereocenters. The number of halogens is 2. The molecule has 1 atom stereocenters. The van der Waals surface area contributed by atoms with Gasteiger partial charge in [0.15, 0.2) is 11.8 Å². The van der Waals surface area contributed by atoms with E-state index in [1.165, 1.54) is 15.2 Å². The molecule has 0 aliphatic heterocycles. The molecular formula is C17H20Cl2N5O4S2+. The lowest BCUT2D eigenvalue weighted by Gasteiger charge is -2.14. The topological polar surface area (TPSA) is 118 Å². The van der Waals surface area contributed by atoms with Crippen molar-refractivity contribution in [2.45, 2.75) is 43.7 Å². The summed E-state index contributed by atoms with van der Waals surface area (Å²) in [6, 6.07) is 3.86. The van der Waals surface area contributed by atoms with Crippen molar-refractivity contribution in [3.8, 4) is 0 Å². The number of nitrogens with zero attached hydrogens (tertiary/aromatic N) is 4. The van der Waals surface area contributed by atoms with E-state index in [1.54, 1.807) is 18.2 Å². The summed E-state index contributed by atoms with van der Waals surface area (Å²) in [5.41, 5.74) is 0. The lowest BCUT2D eigenvalue weighted by Crippen LogP contribution is -2.52. The van der Waals surface area contributed by atoms with Crippen LogP contribution >= 0.6 is 46.9 Å². The van der Waals surface area contributed by atoms with Crippen LogP contribution in [0.1, 0.15) is 26.2 Å². The van der Waals surface area contributed by atoms with Gasteiger partial charge >= 0.3 is 5.97 Å². The van der Waals surface area contributed by atoms with E-state index in [9.17, 15) is 14.4 Å². The van der Waals surface area contributed by atoms with Crippen molar-refractivity contribution in [1.82, 2.24) is 19.7 Å². The molecule has 2 N–H and O–H groups in total. The van der Waals surface area contributed by atoms with E-state index >= 15 is 0 Å². The van der Waals surface area contributed by atoms with Crippen LogP contribution in [-0.4, -0.2) is 48.3 Å². The van der Waals surface area contributed by atoms with Crippen LogP contribution in [0.2, 0.25) is 10.0 Å². The fourth-order valence-corrected chi connectivity index (χ4v) is 4.44. The number of aromatic nitrogens is 4. The van der Waals surface area contributed by atoms with Crippen LogP contribution < -0.4 is 10.1 Å². The summed E-state index contributed by atoms with van der Waals surface area (Å²) in [5.74, 6) is -1.13. The fourth-order valence-electron chi connectivity index (χ4n) is 2.22. The molecule has 1 aromatic carbocycles. The first-order valence-electron chi connectivity index (χ1n) is 8.92. The number of carboxylic acid groups (broad SMARTS) is 1. The average Bonchev–Trinajstić information content (AvgIpc) is 3.11. The molecule has 0 aliphatic rings. The number of hydrogen-bond acceptors (Lipinski definition) is 7. The van der Waals surface area contributed by atoms with E-state index in [4.69, 9.17) is 28.3 Å². The highest BCUT2D eigenvalue weighted by molar-refractivity contribution is 8.13. The van der Waals surface area contributed by atoms with Gasteiger partial charge in [0.2, 0.25) is 5.78 Å². The minimum absolute atomic E-state index is 0.299. The van der Waals surface area contributed by atoms with Gasteiger partial charge < -0.3 is 10.4 Å². The summed E-state index contributed by atoms with van der Waals surface area (Å²) in [5, 5.41) is 19.6. The standard InChI is InChI=1S/C17H19Cl2N5O4S2/c1-2-3-7-29-17(28)21-13(8-15(26)27)14(25)9-23-22-20-10-24(23)30-16-11(18)5-4-6-12(16)19/h4-6,10,13H,2-3,7-9H2,1H3,(H-,21,26,27,28)/p+1. The van der Waals surface area contributed by atoms with E-state index in [2.05, 4.69) is 15.6 Å². The summed E-state index contributed by atoms with van der Waals surface area (Å²) in [6.45, 7) is 1.70. The van der Waals surface area contributed by atoms with Crippen molar-refractivity contribution in [3.05, 3.63) is 34.6 Å². The summed E-state index contributed by atoms with van der Waals surface area (Å²) in [6.07, 6.45) is 2.60. The number of thioether (sulfide) groups is 1. The molecule has 0 saturated heterocycles. The first-order valence-corrected chi connectivity index (χ1v) is 11.4. The van der Waals surface area contributed by atoms with Gasteiger partial charge in [-0.05, 0) is 23.4 Å². The summed E-state index contributed by atoms with van der Waals surface area (Å²) in [7, 11) is 0. The molecular weight excluding hydrogens is 473 g/mol. The van der Waals surface area contributed by atoms with Crippen molar-refractivity contribution in [1.29, 1.82) is 0 Å². The van der Waals surface area contributed by atoms with Crippen molar-refractivity contribution < 1.29 is 24.3 Å². The highest BCUT2D eigenvalue weighted by atomic mass is 35.5. The third kappa shape index (κ3) is 7.46. The number of Topliss-reactive ketones (excluding diaryl/α,β-unsaturated/α-hetero) is 1. The van der Waals surface area contributed by atoms with Gasteiger partial charge in [-0.2, -0.15) is 0 Å². The molecule has 1 heterocycles. The predicted molar refractivity (Wildman–Crippen MR) is 115 cm³/mol. The second-order valence-corrected chi connectivity index (χ2v) is 8.89. The number of carboxylic acids is 1. The van der Waals surface area contributed by atoms with Gasteiger partial charge in [-0.1, -0.05) is 58.5 Å². The molecule has 162 valence electrons. The van der Waals surface area contributed by atoms with Gasteiger partial charge in [-0.25, -0.2) is 0 Å². The summed E-state index contributed by atoms with van der Waals surface area (Å²) in [4.78, 5) is 37.7. The van der Waals surface area contributed by atoms with Crippen molar-refractivity contribution in [3.63, 3.8) is 0 Å². The quantitative estimate of drug-likeness (QED) is 0.362. The van der Waals surface area contributed by atoms with Gasteiger partial charge in [0.1, 0.15) is 6.04 Å². The maximum atomic E-state index is 12.7. The summed E-state index contributed by atoms with van der Waals surface area (Å²) < 4.78 is 1.45. The molecule has 2 aromatic rings.